The topological polar surface area (TPSA) is 86.5 Å². The van der Waals surface area contributed by atoms with Crippen molar-refractivity contribution in [3.05, 3.63) is 41.5 Å². The van der Waals surface area contributed by atoms with E-state index >= 15 is 0 Å². The van der Waals surface area contributed by atoms with Crippen molar-refractivity contribution in [3.8, 4) is 5.75 Å². The zero-order chi connectivity index (χ0) is 14.9. The van der Waals surface area contributed by atoms with E-state index in [0.29, 0.717) is 0 Å². The molecule has 20 heavy (non-hydrogen) atoms. The third-order valence-electron chi connectivity index (χ3n) is 2.55. The van der Waals surface area contributed by atoms with Crippen LogP contribution in [0.25, 0.3) is 0 Å². The van der Waals surface area contributed by atoms with Crippen LogP contribution in [0.1, 0.15) is 16.1 Å². The summed E-state index contributed by atoms with van der Waals surface area (Å²) >= 11 is 0. The van der Waals surface area contributed by atoms with Crippen LogP contribution in [0.15, 0.2) is 33.9 Å². The number of aromatic nitrogens is 1. The highest BCUT2D eigenvalue weighted by Crippen LogP contribution is 2.31. The van der Waals surface area contributed by atoms with Crippen molar-refractivity contribution in [2.24, 2.45) is 0 Å². The number of hydrogen-bond acceptors (Lipinski definition) is 6. The van der Waals surface area contributed by atoms with E-state index in [-0.39, 0.29) is 11.3 Å². The van der Waals surface area contributed by atoms with E-state index in [1.54, 1.807) is 0 Å². The number of benzene rings is 1. The Kier molecular flexibility index (Phi) is 3.58. The Morgan fingerprint density at radius 1 is 1.35 bits per heavy atom. The smallest absolute Gasteiger partial charge is 0.216 e. The summed E-state index contributed by atoms with van der Waals surface area (Å²) < 4.78 is 46.6. The molecule has 1 aromatic carbocycles. The fourth-order valence-corrected chi connectivity index (χ4v) is 2.82. The Morgan fingerprint density at radius 2 is 2.05 bits per heavy atom. The van der Waals surface area contributed by atoms with E-state index in [2.05, 4.69) is 9.68 Å². The van der Waals surface area contributed by atoms with Crippen LogP contribution in [0, 0.1) is 5.82 Å². The van der Waals surface area contributed by atoms with Gasteiger partial charge in [0.15, 0.2) is 27.1 Å². The average Bonchev–Trinajstić information content (AvgIpc) is 2.90. The Hall–Kier alpha value is -2.22. The minimum atomic E-state index is -3.88. The average molecular weight is 299 g/mol. The second-order valence-electron chi connectivity index (χ2n) is 3.94. The van der Waals surface area contributed by atoms with Gasteiger partial charge in [-0.05, 0) is 12.1 Å². The Bertz CT molecular complexity index is 752. The lowest BCUT2D eigenvalue weighted by Gasteiger charge is -2.11. The van der Waals surface area contributed by atoms with Crippen LogP contribution >= 0.6 is 0 Å². The van der Waals surface area contributed by atoms with Gasteiger partial charge in [-0.3, -0.25) is 4.79 Å². The van der Waals surface area contributed by atoms with Crippen LogP contribution in [0.4, 0.5) is 4.39 Å². The number of halogens is 1. The largest absolute Gasteiger partial charge is 0.492 e. The molecule has 2 rings (SSSR count). The SMILES string of the molecule is COc1c(F)ccc(C(=O)c2ccon2)c1S(C)(=O)=O. The van der Waals surface area contributed by atoms with Gasteiger partial charge in [0.25, 0.3) is 0 Å². The van der Waals surface area contributed by atoms with E-state index in [0.717, 1.165) is 25.5 Å². The van der Waals surface area contributed by atoms with E-state index < -0.39 is 32.1 Å². The first kappa shape index (κ1) is 14.2. The number of ketones is 1. The summed E-state index contributed by atoms with van der Waals surface area (Å²) in [5, 5.41) is 3.44. The molecule has 0 fully saturated rings. The number of sulfone groups is 1. The molecule has 0 radical (unpaired) electrons. The van der Waals surface area contributed by atoms with Gasteiger partial charge >= 0.3 is 0 Å². The molecule has 1 heterocycles. The van der Waals surface area contributed by atoms with Gasteiger partial charge in [0, 0.05) is 17.9 Å². The molecule has 0 unspecified atom stereocenters. The molecule has 0 bridgehead atoms. The predicted octanol–water partition coefficient (Wildman–Crippen LogP) is 1.46. The standard InChI is InChI=1S/C12H10FNO5S/c1-18-11-8(13)4-3-7(12(11)20(2,16)17)10(15)9-5-6-19-14-9/h3-6H,1-2H3. The minimum Gasteiger partial charge on any atom is -0.492 e. The summed E-state index contributed by atoms with van der Waals surface area (Å²) in [5.41, 5.74) is -0.303. The maximum absolute atomic E-state index is 13.6. The van der Waals surface area contributed by atoms with E-state index in [1.807, 2.05) is 0 Å². The van der Waals surface area contributed by atoms with E-state index in [4.69, 9.17) is 4.74 Å². The molecule has 0 aliphatic rings. The molecule has 0 atom stereocenters. The summed E-state index contributed by atoms with van der Waals surface area (Å²) in [6.45, 7) is 0. The molecule has 0 spiro atoms. The fraction of sp³-hybridized carbons (Fsp3) is 0.167. The van der Waals surface area contributed by atoms with Crippen LogP contribution in [0.2, 0.25) is 0 Å². The molecule has 8 heteroatoms. The Labute approximate surface area is 114 Å². The van der Waals surface area contributed by atoms with Crippen molar-refractivity contribution < 1.29 is 26.9 Å². The highest BCUT2D eigenvalue weighted by molar-refractivity contribution is 7.90. The lowest BCUT2D eigenvalue weighted by Crippen LogP contribution is -2.12. The van der Waals surface area contributed by atoms with Gasteiger partial charge in [-0.2, -0.15) is 0 Å². The van der Waals surface area contributed by atoms with Gasteiger partial charge < -0.3 is 9.26 Å². The third-order valence-corrected chi connectivity index (χ3v) is 3.70. The molecule has 0 saturated heterocycles. The maximum atomic E-state index is 13.6. The normalized spacial score (nSPS) is 11.3. The molecule has 0 aliphatic heterocycles. The van der Waals surface area contributed by atoms with E-state index in [1.165, 1.54) is 12.3 Å². The third kappa shape index (κ3) is 2.42. The van der Waals surface area contributed by atoms with E-state index in [9.17, 15) is 17.6 Å². The van der Waals surface area contributed by atoms with Crippen LogP contribution in [-0.4, -0.2) is 32.7 Å². The first-order valence-corrected chi connectivity index (χ1v) is 7.27. The van der Waals surface area contributed by atoms with Crippen LogP contribution in [0.3, 0.4) is 0 Å². The number of carbonyl (C=O) groups excluding carboxylic acids is 1. The number of carbonyl (C=O) groups is 1. The van der Waals surface area contributed by atoms with Gasteiger partial charge in [-0.25, -0.2) is 12.8 Å². The molecule has 106 valence electrons. The number of nitrogens with zero attached hydrogens (tertiary/aromatic N) is 1. The lowest BCUT2D eigenvalue weighted by molar-refractivity contribution is 0.102. The van der Waals surface area contributed by atoms with Crippen molar-refractivity contribution >= 4 is 15.6 Å². The summed E-state index contributed by atoms with van der Waals surface area (Å²) in [6.07, 6.45) is 2.04. The minimum absolute atomic E-state index is 0.0800. The second kappa shape index (κ2) is 5.04. The van der Waals surface area contributed by atoms with Crippen molar-refractivity contribution in [2.75, 3.05) is 13.4 Å². The van der Waals surface area contributed by atoms with Crippen LogP contribution < -0.4 is 4.74 Å². The molecular formula is C12H10FNO5S. The van der Waals surface area contributed by atoms with Gasteiger partial charge in [0.1, 0.15) is 11.2 Å². The summed E-state index contributed by atoms with van der Waals surface area (Å²) in [7, 11) is -2.76. The summed E-state index contributed by atoms with van der Waals surface area (Å²) in [6, 6.07) is 3.32. The first-order valence-electron chi connectivity index (χ1n) is 5.38. The first-order chi connectivity index (χ1) is 9.36. The highest BCUT2D eigenvalue weighted by atomic mass is 32.2. The van der Waals surface area contributed by atoms with Crippen molar-refractivity contribution in [1.29, 1.82) is 0 Å². The monoisotopic (exact) mass is 299 g/mol. The molecule has 2 aromatic rings. The van der Waals surface area contributed by atoms with Gasteiger partial charge in [0.2, 0.25) is 5.78 Å². The maximum Gasteiger partial charge on any atom is 0.216 e. The zero-order valence-electron chi connectivity index (χ0n) is 10.6. The van der Waals surface area contributed by atoms with Gasteiger partial charge in [0.05, 0.1) is 7.11 Å². The van der Waals surface area contributed by atoms with Gasteiger partial charge in [-0.1, -0.05) is 5.16 Å². The van der Waals surface area contributed by atoms with Crippen molar-refractivity contribution in [3.63, 3.8) is 0 Å². The molecule has 0 N–H and O–H groups in total. The highest BCUT2D eigenvalue weighted by Gasteiger charge is 2.27. The molecule has 0 aliphatic carbocycles. The quantitative estimate of drug-likeness (QED) is 0.794. The number of ether oxygens (including phenoxy) is 1. The number of rotatable bonds is 4. The molecule has 6 nitrogen and oxygen atoms in total. The molecule has 0 amide bonds. The molecule has 1 aromatic heterocycles. The van der Waals surface area contributed by atoms with Gasteiger partial charge in [-0.15, -0.1) is 0 Å². The number of hydrogen-bond donors (Lipinski definition) is 0. The lowest BCUT2D eigenvalue weighted by atomic mass is 10.1. The molecule has 0 saturated carbocycles. The Morgan fingerprint density at radius 3 is 2.55 bits per heavy atom. The predicted molar refractivity (Wildman–Crippen MR) is 66.0 cm³/mol. The number of methoxy groups -OCH3 is 1. The second-order valence-corrected chi connectivity index (χ2v) is 5.90. The fourth-order valence-electron chi connectivity index (χ4n) is 1.74. The van der Waals surface area contributed by atoms with Crippen molar-refractivity contribution in [1.82, 2.24) is 5.16 Å². The van der Waals surface area contributed by atoms with Crippen LogP contribution in [-0.2, 0) is 9.84 Å². The van der Waals surface area contributed by atoms with Crippen LogP contribution in [0.5, 0.6) is 5.75 Å². The molecular weight excluding hydrogens is 289 g/mol. The summed E-state index contributed by atoms with van der Waals surface area (Å²) in [5.74, 6) is -2.07. The zero-order valence-corrected chi connectivity index (χ0v) is 11.4. The summed E-state index contributed by atoms with van der Waals surface area (Å²) in [4.78, 5) is 11.7. The Balaban J connectivity index is 2.74. The van der Waals surface area contributed by atoms with Crippen molar-refractivity contribution in [2.45, 2.75) is 4.90 Å².